The number of benzene rings is 1. The van der Waals surface area contributed by atoms with Gasteiger partial charge in [0.25, 0.3) is 0 Å². The molecule has 1 atom stereocenters. The van der Waals surface area contributed by atoms with Crippen LogP contribution in [-0.4, -0.2) is 49.0 Å². The molecule has 5 nitrogen and oxygen atoms in total. The predicted octanol–water partition coefficient (Wildman–Crippen LogP) is 4.07. The molecule has 0 radical (unpaired) electrons. The van der Waals surface area contributed by atoms with Crippen molar-refractivity contribution in [3.05, 3.63) is 35.9 Å². The van der Waals surface area contributed by atoms with Gasteiger partial charge in [0.05, 0.1) is 6.54 Å². The molecular formula is C24H37IN4O. The number of nitrogens with zero attached hydrogens (tertiary/aromatic N) is 2. The number of amides is 1. The summed E-state index contributed by atoms with van der Waals surface area (Å²) in [5, 5.41) is 7.01. The summed E-state index contributed by atoms with van der Waals surface area (Å²) >= 11 is 0. The van der Waals surface area contributed by atoms with Crippen LogP contribution in [0.3, 0.4) is 0 Å². The number of hydrogen-bond acceptors (Lipinski definition) is 2. The van der Waals surface area contributed by atoms with Crippen LogP contribution in [0.15, 0.2) is 35.3 Å². The monoisotopic (exact) mass is 524 g/mol. The molecule has 30 heavy (non-hydrogen) atoms. The van der Waals surface area contributed by atoms with E-state index in [9.17, 15) is 4.79 Å². The number of aliphatic imine (C=N–C) groups is 1. The lowest BCUT2D eigenvalue weighted by atomic mass is 9.88. The van der Waals surface area contributed by atoms with Crippen molar-refractivity contribution in [1.29, 1.82) is 0 Å². The van der Waals surface area contributed by atoms with E-state index in [1.54, 1.807) is 0 Å². The first-order chi connectivity index (χ1) is 14.2. The summed E-state index contributed by atoms with van der Waals surface area (Å²) in [4.78, 5) is 19.9. The predicted molar refractivity (Wildman–Crippen MR) is 133 cm³/mol. The molecule has 1 amide bonds. The average molecular weight is 524 g/mol. The van der Waals surface area contributed by atoms with Crippen LogP contribution in [0, 0.1) is 5.92 Å². The fourth-order valence-corrected chi connectivity index (χ4v) is 4.91. The summed E-state index contributed by atoms with van der Waals surface area (Å²) in [5.41, 5.74) is 1.63. The van der Waals surface area contributed by atoms with Gasteiger partial charge in [0, 0.05) is 37.0 Å². The molecule has 1 saturated heterocycles. The van der Waals surface area contributed by atoms with Gasteiger partial charge in [-0.05, 0) is 44.6 Å². The molecule has 0 bridgehead atoms. The number of carbonyl (C=O) groups excluding carboxylic acids is 1. The highest BCUT2D eigenvalue weighted by molar-refractivity contribution is 14.0. The zero-order chi connectivity index (χ0) is 20.1. The average Bonchev–Trinajstić information content (AvgIpc) is 3.43. The molecule has 3 aliphatic rings. The fraction of sp³-hybridized carbons (Fsp3) is 0.667. The molecule has 3 fully saturated rings. The molecule has 1 unspecified atom stereocenters. The maximum absolute atomic E-state index is 12.8. The van der Waals surface area contributed by atoms with Crippen LogP contribution in [0.1, 0.15) is 63.9 Å². The molecule has 1 heterocycles. The molecule has 1 aromatic carbocycles. The molecule has 1 aliphatic heterocycles. The normalized spacial score (nSPS) is 23.6. The molecular weight excluding hydrogens is 487 g/mol. The van der Waals surface area contributed by atoms with E-state index in [2.05, 4.69) is 52.8 Å². The second-order valence-corrected chi connectivity index (χ2v) is 9.09. The van der Waals surface area contributed by atoms with Gasteiger partial charge in [-0.3, -0.25) is 9.79 Å². The van der Waals surface area contributed by atoms with Crippen LogP contribution in [0.5, 0.6) is 0 Å². The molecule has 0 spiro atoms. The van der Waals surface area contributed by atoms with Crippen molar-refractivity contribution in [2.75, 3.05) is 26.2 Å². The molecule has 166 valence electrons. The second-order valence-electron chi connectivity index (χ2n) is 9.09. The Balaban J connectivity index is 0.00000256. The van der Waals surface area contributed by atoms with Gasteiger partial charge >= 0.3 is 0 Å². The van der Waals surface area contributed by atoms with E-state index < -0.39 is 0 Å². The summed E-state index contributed by atoms with van der Waals surface area (Å²) < 4.78 is 0. The molecule has 4 rings (SSSR count). The van der Waals surface area contributed by atoms with Crippen LogP contribution >= 0.6 is 24.0 Å². The van der Waals surface area contributed by atoms with Gasteiger partial charge in [-0.15, -0.1) is 24.0 Å². The Morgan fingerprint density at radius 2 is 1.87 bits per heavy atom. The smallest absolute Gasteiger partial charge is 0.225 e. The number of hydrogen-bond donors (Lipinski definition) is 2. The number of likely N-dealkylation sites (tertiary alicyclic amines) is 1. The number of guanidine groups is 1. The van der Waals surface area contributed by atoms with Crippen LogP contribution in [0.2, 0.25) is 0 Å². The highest BCUT2D eigenvalue weighted by atomic mass is 127. The third-order valence-electron chi connectivity index (χ3n) is 6.92. The van der Waals surface area contributed by atoms with Crippen molar-refractivity contribution >= 4 is 35.8 Å². The first-order valence-corrected chi connectivity index (χ1v) is 11.6. The number of carbonyl (C=O) groups is 1. The number of nitrogens with one attached hydrogen (secondary N) is 2. The molecule has 1 aromatic rings. The van der Waals surface area contributed by atoms with Gasteiger partial charge in [-0.1, -0.05) is 49.6 Å². The zero-order valence-corrected chi connectivity index (χ0v) is 20.6. The van der Waals surface area contributed by atoms with E-state index in [0.717, 1.165) is 51.4 Å². The molecule has 2 N–H and O–H groups in total. The Kier molecular flexibility index (Phi) is 8.43. The lowest BCUT2D eigenvalue weighted by Gasteiger charge is -2.26. The Morgan fingerprint density at radius 1 is 1.13 bits per heavy atom. The van der Waals surface area contributed by atoms with Crippen LogP contribution in [-0.2, 0) is 10.2 Å². The van der Waals surface area contributed by atoms with Gasteiger partial charge in [-0.2, -0.15) is 0 Å². The van der Waals surface area contributed by atoms with Gasteiger partial charge in [0.1, 0.15) is 0 Å². The SMILES string of the molecule is CCNC(=NCC1(c2ccccc2)CC1)NC1CCN(C(=O)C2CCCCC2)C1.I. The Morgan fingerprint density at radius 3 is 2.53 bits per heavy atom. The summed E-state index contributed by atoms with van der Waals surface area (Å²) in [6.45, 7) is 5.46. The highest BCUT2D eigenvalue weighted by Crippen LogP contribution is 2.48. The lowest BCUT2D eigenvalue weighted by Crippen LogP contribution is -2.46. The van der Waals surface area contributed by atoms with Crippen molar-refractivity contribution in [3.8, 4) is 0 Å². The third-order valence-corrected chi connectivity index (χ3v) is 6.92. The van der Waals surface area contributed by atoms with E-state index in [1.165, 1.54) is 37.7 Å². The topological polar surface area (TPSA) is 56.7 Å². The lowest BCUT2D eigenvalue weighted by molar-refractivity contribution is -0.135. The van der Waals surface area contributed by atoms with Crippen molar-refractivity contribution in [1.82, 2.24) is 15.5 Å². The van der Waals surface area contributed by atoms with E-state index >= 15 is 0 Å². The summed E-state index contributed by atoms with van der Waals surface area (Å²) in [5.74, 6) is 1.55. The Hall–Kier alpha value is -1.31. The van der Waals surface area contributed by atoms with Crippen molar-refractivity contribution in [3.63, 3.8) is 0 Å². The highest BCUT2D eigenvalue weighted by Gasteiger charge is 2.44. The summed E-state index contributed by atoms with van der Waals surface area (Å²) in [6, 6.07) is 11.1. The fourth-order valence-electron chi connectivity index (χ4n) is 4.91. The quantitative estimate of drug-likeness (QED) is 0.335. The number of rotatable bonds is 6. The molecule has 2 aliphatic carbocycles. The van der Waals surface area contributed by atoms with Crippen molar-refractivity contribution in [2.24, 2.45) is 10.9 Å². The minimum atomic E-state index is 0. The minimum absolute atomic E-state index is 0. The van der Waals surface area contributed by atoms with E-state index in [4.69, 9.17) is 4.99 Å². The van der Waals surface area contributed by atoms with Gasteiger partial charge in [0.2, 0.25) is 5.91 Å². The van der Waals surface area contributed by atoms with E-state index in [0.29, 0.717) is 11.9 Å². The van der Waals surface area contributed by atoms with Crippen LogP contribution in [0.4, 0.5) is 0 Å². The van der Waals surface area contributed by atoms with Gasteiger partial charge < -0.3 is 15.5 Å². The largest absolute Gasteiger partial charge is 0.357 e. The van der Waals surface area contributed by atoms with Gasteiger partial charge in [-0.25, -0.2) is 0 Å². The summed E-state index contributed by atoms with van der Waals surface area (Å²) in [6.07, 6.45) is 9.32. The molecule has 6 heteroatoms. The Bertz CT molecular complexity index is 713. The zero-order valence-electron chi connectivity index (χ0n) is 18.2. The number of halogens is 1. The third kappa shape index (κ3) is 5.68. The van der Waals surface area contributed by atoms with Crippen molar-refractivity contribution < 1.29 is 4.79 Å². The van der Waals surface area contributed by atoms with E-state index in [1.807, 2.05) is 0 Å². The first kappa shape index (κ1) is 23.4. The minimum Gasteiger partial charge on any atom is -0.357 e. The van der Waals surface area contributed by atoms with Crippen LogP contribution in [0.25, 0.3) is 0 Å². The van der Waals surface area contributed by atoms with Gasteiger partial charge in [0.15, 0.2) is 5.96 Å². The molecule has 2 saturated carbocycles. The van der Waals surface area contributed by atoms with Crippen molar-refractivity contribution in [2.45, 2.75) is 69.7 Å². The second kappa shape index (κ2) is 10.8. The van der Waals surface area contributed by atoms with E-state index in [-0.39, 0.29) is 35.3 Å². The van der Waals surface area contributed by atoms with Crippen LogP contribution < -0.4 is 10.6 Å². The summed E-state index contributed by atoms with van der Waals surface area (Å²) in [7, 11) is 0. The maximum Gasteiger partial charge on any atom is 0.225 e. The standard InChI is InChI=1S/C24H36N4O.HI/c1-2-25-23(26-18-24(14-15-24)20-11-7-4-8-12-20)27-21-13-16-28(17-21)22(29)19-9-5-3-6-10-19;/h4,7-8,11-12,19,21H,2-3,5-6,9-10,13-18H2,1H3,(H2,25,26,27);1H. The Labute approximate surface area is 198 Å². The first-order valence-electron chi connectivity index (χ1n) is 11.6. The molecule has 0 aromatic heterocycles. The maximum atomic E-state index is 12.8.